The Morgan fingerprint density at radius 1 is 1.15 bits per heavy atom. The van der Waals surface area contributed by atoms with E-state index in [0.717, 1.165) is 46.9 Å². The first kappa shape index (κ1) is 18.5. The molecule has 1 aliphatic heterocycles. The minimum atomic E-state index is -0.406. The Balaban J connectivity index is 1.61. The second kappa shape index (κ2) is 7.52. The van der Waals surface area contributed by atoms with Gasteiger partial charge in [-0.15, -0.1) is 0 Å². The van der Waals surface area contributed by atoms with Crippen molar-refractivity contribution >= 4 is 22.8 Å². The number of rotatable bonds is 4. The summed E-state index contributed by atoms with van der Waals surface area (Å²) < 4.78 is 10.8. The number of hydrogen-bond acceptors (Lipinski definition) is 4. The van der Waals surface area contributed by atoms with E-state index in [0.29, 0.717) is 0 Å². The summed E-state index contributed by atoms with van der Waals surface area (Å²) in [4.78, 5) is 26.5. The molecule has 26 heavy (non-hydrogen) atoms. The molecule has 0 aliphatic carbocycles. The molecule has 2 heterocycles. The van der Waals surface area contributed by atoms with Crippen LogP contribution in [-0.2, 0) is 20.7 Å². The molecule has 2 aromatic rings. The van der Waals surface area contributed by atoms with Crippen molar-refractivity contribution in [1.82, 2.24) is 4.90 Å². The van der Waals surface area contributed by atoms with Gasteiger partial charge < -0.3 is 14.1 Å². The minimum absolute atomic E-state index is 0.105. The lowest BCUT2D eigenvalue weighted by Crippen LogP contribution is -2.49. The summed E-state index contributed by atoms with van der Waals surface area (Å²) in [6.07, 6.45) is 4.85. The Labute approximate surface area is 154 Å². The molecule has 1 aromatic carbocycles. The number of nitrogens with zero attached hydrogens (tertiary/aromatic N) is 1. The van der Waals surface area contributed by atoms with Crippen LogP contribution >= 0.6 is 0 Å². The average Bonchev–Trinajstić information content (AvgIpc) is 2.95. The molecule has 2 atom stereocenters. The van der Waals surface area contributed by atoms with Gasteiger partial charge in [0.05, 0.1) is 12.7 Å². The van der Waals surface area contributed by atoms with Gasteiger partial charge in [0.1, 0.15) is 5.58 Å². The van der Waals surface area contributed by atoms with E-state index in [1.54, 1.807) is 6.26 Å². The van der Waals surface area contributed by atoms with E-state index in [1.165, 1.54) is 0 Å². The number of fused-ring (bicyclic) bond motifs is 1. The highest BCUT2D eigenvalue weighted by molar-refractivity contribution is 5.88. The van der Waals surface area contributed by atoms with Crippen LogP contribution < -0.4 is 0 Å². The second-order valence-corrected chi connectivity index (χ2v) is 7.46. The number of piperidine rings is 1. The van der Waals surface area contributed by atoms with Crippen LogP contribution in [0, 0.1) is 13.8 Å². The van der Waals surface area contributed by atoms with Crippen LogP contribution in [-0.4, -0.2) is 35.5 Å². The van der Waals surface area contributed by atoms with Gasteiger partial charge in [-0.1, -0.05) is 0 Å². The van der Waals surface area contributed by atoms with Crippen LogP contribution in [0.15, 0.2) is 22.8 Å². The SMILES string of the molecule is Cc1cc2occ(CC(=O)OCC(=O)N3[C@@H](C)CCC[C@@H]3C)c2cc1C. The Bertz CT molecular complexity index is 813. The van der Waals surface area contributed by atoms with Crippen LogP contribution in [0.2, 0.25) is 0 Å². The largest absolute Gasteiger partial charge is 0.464 e. The number of ether oxygens (including phenoxy) is 1. The first-order valence-corrected chi connectivity index (χ1v) is 9.31. The van der Waals surface area contributed by atoms with Crippen LogP contribution in [0.25, 0.3) is 11.0 Å². The van der Waals surface area contributed by atoms with E-state index in [2.05, 4.69) is 13.8 Å². The van der Waals surface area contributed by atoms with Crippen LogP contribution in [0.1, 0.15) is 49.8 Å². The zero-order valence-electron chi connectivity index (χ0n) is 16.0. The standard InChI is InChI=1S/C21H27NO4/c1-13-8-18-17(11-25-19(18)9-14(13)2)10-21(24)26-12-20(23)22-15(3)6-5-7-16(22)4/h8-9,11,15-16H,5-7,10,12H2,1-4H3/t15-,16-/m0/s1. The van der Waals surface area contributed by atoms with Gasteiger partial charge in [-0.3, -0.25) is 9.59 Å². The van der Waals surface area contributed by atoms with Crippen LogP contribution in [0.3, 0.4) is 0 Å². The van der Waals surface area contributed by atoms with Crippen molar-refractivity contribution in [3.63, 3.8) is 0 Å². The Kier molecular flexibility index (Phi) is 5.35. The first-order chi connectivity index (χ1) is 12.4. The van der Waals surface area contributed by atoms with Gasteiger partial charge >= 0.3 is 5.97 Å². The summed E-state index contributed by atoms with van der Waals surface area (Å²) in [6.45, 7) is 7.97. The number of carbonyl (C=O) groups excluding carboxylic acids is 2. The van der Waals surface area contributed by atoms with E-state index in [-0.39, 0.29) is 31.0 Å². The lowest BCUT2D eigenvalue weighted by atomic mass is 9.97. The van der Waals surface area contributed by atoms with E-state index >= 15 is 0 Å². The molecule has 5 nitrogen and oxygen atoms in total. The molecule has 1 amide bonds. The normalized spacial score (nSPS) is 20.4. The molecule has 1 aromatic heterocycles. The molecule has 0 saturated carbocycles. The van der Waals surface area contributed by atoms with Crippen molar-refractivity contribution in [2.75, 3.05) is 6.61 Å². The molecule has 0 unspecified atom stereocenters. The number of furan rings is 1. The molecule has 0 bridgehead atoms. The molecule has 1 saturated heterocycles. The molecular weight excluding hydrogens is 330 g/mol. The number of benzene rings is 1. The molecular formula is C21H27NO4. The van der Waals surface area contributed by atoms with Crippen molar-refractivity contribution in [2.45, 2.75) is 65.5 Å². The maximum absolute atomic E-state index is 12.5. The minimum Gasteiger partial charge on any atom is -0.464 e. The number of hydrogen-bond donors (Lipinski definition) is 0. The Hall–Kier alpha value is -2.30. The predicted molar refractivity (Wildman–Crippen MR) is 100.0 cm³/mol. The zero-order valence-corrected chi connectivity index (χ0v) is 16.0. The molecule has 0 radical (unpaired) electrons. The maximum Gasteiger partial charge on any atom is 0.310 e. The third-order valence-corrected chi connectivity index (χ3v) is 5.44. The fourth-order valence-corrected chi connectivity index (χ4v) is 3.81. The van der Waals surface area contributed by atoms with Crippen LogP contribution in [0.5, 0.6) is 0 Å². The predicted octanol–water partition coefficient (Wildman–Crippen LogP) is 3.92. The van der Waals surface area contributed by atoms with Crippen molar-refractivity contribution in [1.29, 1.82) is 0 Å². The van der Waals surface area contributed by atoms with Gasteiger partial charge in [0, 0.05) is 23.0 Å². The lowest BCUT2D eigenvalue weighted by molar-refractivity contribution is -0.154. The van der Waals surface area contributed by atoms with Crippen LogP contribution in [0.4, 0.5) is 0 Å². The molecule has 3 rings (SSSR count). The van der Waals surface area contributed by atoms with Crippen molar-refractivity contribution < 1.29 is 18.7 Å². The summed E-state index contributed by atoms with van der Waals surface area (Å²) in [5, 5.41) is 0.926. The first-order valence-electron chi connectivity index (χ1n) is 9.31. The number of amides is 1. The summed E-state index contributed by atoms with van der Waals surface area (Å²) in [6, 6.07) is 4.41. The molecule has 0 spiro atoms. The quantitative estimate of drug-likeness (QED) is 0.778. The third-order valence-electron chi connectivity index (χ3n) is 5.44. The number of carbonyl (C=O) groups is 2. The summed E-state index contributed by atoms with van der Waals surface area (Å²) in [5.41, 5.74) is 3.86. The fourth-order valence-electron chi connectivity index (χ4n) is 3.81. The van der Waals surface area contributed by atoms with Gasteiger partial charge in [0.25, 0.3) is 5.91 Å². The summed E-state index contributed by atoms with van der Waals surface area (Å²) >= 11 is 0. The Morgan fingerprint density at radius 3 is 2.50 bits per heavy atom. The molecule has 140 valence electrons. The maximum atomic E-state index is 12.5. The van der Waals surface area contributed by atoms with Crippen molar-refractivity contribution in [3.8, 4) is 0 Å². The van der Waals surface area contributed by atoms with Gasteiger partial charge in [-0.05, 0) is 70.2 Å². The smallest absolute Gasteiger partial charge is 0.310 e. The third kappa shape index (κ3) is 3.76. The number of esters is 1. The summed E-state index contributed by atoms with van der Waals surface area (Å²) in [5.74, 6) is -0.516. The second-order valence-electron chi connectivity index (χ2n) is 7.46. The highest BCUT2D eigenvalue weighted by Crippen LogP contribution is 2.26. The average molecular weight is 357 g/mol. The van der Waals surface area contributed by atoms with E-state index in [4.69, 9.17) is 9.15 Å². The molecule has 1 fully saturated rings. The summed E-state index contributed by atoms with van der Waals surface area (Å²) in [7, 11) is 0. The van der Waals surface area contributed by atoms with E-state index in [9.17, 15) is 9.59 Å². The zero-order chi connectivity index (χ0) is 18.8. The van der Waals surface area contributed by atoms with E-state index in [1.807, 2.05) is 30.9 Å². The number of likely N-dealkylation sites (tertiary alicyclic amines) is 1. The lowest BCUT2D eigenvalue weighted by Gasteiger charge is -2.38. The highest BCUT2D eigenvalue weighted by Gasteiger charge is 2.29. The molecule has 0 N–H and O–H groups in total. The van der Waals surface area contributed by atoms with Gasteiger partial charge in [0.15, 0.2) is 6.61 Å². The van der Waals surface area contributed by atoms with Crippen molar-refractivity contribution in [3.05, 3.63) is 35.1 Å². The van der Waals surface area contributed by atoms with E-state index < -0.39 is 5.97 Å². The van der Waals surface area contributed by atoms with Gasteiger partial charge in [-0.25, -0.2) is 0 Å². The number of aryl methyl sites for hydroxylation is 2. The van der Waals surface area contributed by atoms with Gasteiger partial charge in [-0.2, -0.15) is 0 Å². The fraction of sp³-hybridized carbons (Fsp3) is 0.524. The van der Waals surface area contributed by atoms with Gasteiger partial charge in [0.2, 0.25) is 0 Å². The molecule has 5 heteroatoms. The van der Waals surface area contributed by atoms with Crippen molar-refractivity contribution in [2.24, 2.45) is 0 Å². The Morgan fingerprint density at radius 2 is 1.81 bits per heavy atom. The molecule has 1 aliphatic rings. The topological polar surface area (TPSA) is 59.8 Å². The highest BCUT2D eigenvalue weighted by atomic mass is 16.5. The monoisotopic (exact) mass is 357 g/mol.